The fourth-order valence-corrected chi connectivity index (χ4v) is 2.47. The van der Waals surface area contributed by atoms with Crippen LogP contribution in [0.15, 0.2) is 54.6 Å². The summed E-state index contributed by atoms with van der Waals surface area (Å²) in [7, 11) is 0. The number of alkyl halides is 3. The minimum atomic E-state index is -5.06. The number of nitrogens with one attached hydrogen (secondary N) is 2. The van der Waals surface area contributed by atoms with Crippen LogP contribution in [0.2, 0.25) is 5.02 Å². The number of carbonyl (C=O) groups excluding carboxylic acids is 2. The molecule has 1 atom stereocenters. The highest BCUT2D eigenvalue weighted by Gasteiger charge is 2.55. The summed E-state index contributed by atoms with van der Waals surface area (Å²) in [5.74, 6) is -2.45. The van der Waals surface area contributed by atoms with Crippen LogP contribution in [0.1, 0.15) is 11.1 Å². The van der Waals surface area contributed by atoms with Crippen LogP contribution < -0.4 is 10.6 Å². The first-order valence-electron chi connectivity index (χ1n) is 7.79. The summed E-state index contributed by atoms with van der Waals surface area (Å²) in [6.45, 7) is -1.28. The van der Waals surface area contributed by atoms with Crippen molar-refractivity contribution < 1.29 is 27.9 Å². The van der Waals surface area contributed by atoms with Crippen LogP contribution in [0.3, 0.4) is 0 Å². The number of halogens is 4. The van der Waals surface area contributed by atoms with Gasteiger partial charge in [0.05, 0.1) is 6.54 Å². The number of hydrogen-bond donors (Lipinski definition) is 3. The molecule has 0 spiro atoms. The number of rotatable bonds is 5. The Morgan fingerprint density at radius 1 is 0.926 bits per heavy atom. The van der Waals surface area contributed by atoms with Gasteiger partial charge in [-0.15, -0.1) is 0 Å². The Morgan fingerprint density at radius 2 is 1.48 bits per heavy atom. The highest BCUT2D eigenvalue weighted by atomic mass is 35.5. The van der Waals surface area contributed by atoms with Crippen molar-refractivity contribution in [2.75, 3.05) is 6.54 Å². The SMILES string of the molecule is O=C(NCc1ccccc1Cl)C(=O)NC[C@@](O)(c1ccccc1)C(F)(F)F. The van der Waals surface area contributed by atoms with Gasteiger partial charge in [-0.05, 0) is 17.2 Å². The summed E-state index contributed by atoms with van der Waals surface area (Å²) in [6.07, 6.45) is -5.06. The topological polar surface area (TPSA) is 78.4 Å². The van der Waals surface area contributed by atoms with Crippen LogP contribution in [-0.2, 0) is 21.7 Å². The van der Waals surface area contributed by atoms with Crippen molar-refractivity contribution in [3.05, 3.63) is 70.7 Å². The van der Waals surface area contributed by atoms with Crippen molar-refractivity contribution in [2.45, 2.75) is 18.3 Å². The van der Waals surface area contributed by atoms with E-state index in [1.54, 1.807) is 24.3 Å². The fraction of sp³-hybridized carbons (Fsp3) is 0.222. The fourth-order valence-electron chi connectivity index (χ4n) is 2.27. The summed E-state index contributed by atoms with van der Waals surface area (Å²) in [4.78, 5) is 23.6. The molecule has 0 radical (unpaired) electrons. The molecule has 0 aromatic heterocycles. The van der Waals surface area contributed by atoms with Gasteiger partial charge in [0.2, 0.25) is 5.60 Å². The van der Waals surface area contributed by atoms with Gasteiger partial charge in [-0.2, -0.15) is 13.2 Å². The summed E-state index contributed by atoms with van der Waals surface area (Å²) in [5.41, 5.74) is -3.24. The van der Waals surface area contributed by atoms with E-state index in [-0.39, 0.29) is 6.54 Å². The van der Waals surface area contributed by atoms with Crippen LogP contribution in [0, 0.1) is 0 Å². The second kappa shape index (κ2) is 8.41. The van der Waals surface area contributed by atoms with Crippen LogP contribution >= 0.6 is 11.6 Å². The van der Waals surface area contributed by atoms with E-state index < -0.39 is 35.7 Å². The Morgan fingerprint density at radius 3 is 2.07 bits per heavy atom. The lowest BCUT2D eigenvalue weighted by molar-refractivity contribution is -0.264. The molecular formula is C18H16ClF3N2O3. The van der Waals surface area contributed by atoms with E-state index in [1.807, 2.05) is 5.32 Å². The predicted octanol–water partition coefficient (Wildman–Crippen LogP) is 2.52. The average molecular weight is 401 g/mol. The van der Waals surface area contributed by atoms with Crippen molar-refractivity contribution in [3.8, 4) is 0 Å². The lowest BCUT2D eigenvalue weighted by atomic mass is 9.93. The maximum atomic E-state index is 13.3. The van der Waals surface area contributed by atoms with Crippen molar-refractivity contribution >= 4 is 23.4 Å². The van der Waals surface area contributed by atoms with Crippen molar-refractivity contribution in [2.24, 2.45) is 0 Å². The Labute approximate surface area is 158 Å². The number of amides is 2. The van der Waals surface area contributed by atoms with Crippen LogP contribution in [0.5, 0.6) is 0 Å². The van der Waals surface area contributed by atoms with Crippen LogP contribution in [0.25, 0.3) is 0 Å². The largest absolute Gasteiger partial charge is 0.423 e. The summed E-state index contributed by atoms with van der Waals surface area (Å²) in [5, 5.41) is 14.6. The quantitative estimate of drug-likeness (QED) is 0.675. The highest BCUT2D eigenvalue weighted by molar-refractivity contribution is 6.35. The molecule has 2 amide bonds. The first-order chi connectivity index (χ1) is 12.6. The third-order valence-corrected chi connectivity index (χ3v) is 4.20. The van der Waals surface area contributed by atoms with Gasteiger partial charge in [0.25, 0.3) is 0 Å². The van der Waals surface area contributed by atoms with Gasteiger partial charge in [-0.25, -0.2) is 0 Å². The molecule has 0 fully saturated rings. The molecule has 0 unspecified atom stereocenters. The van der Waals surface area contributed by atoms with Crippen molar-refractivity contribution in [1.82, 2.24) is 10.6 Å². The first-order valence-corrected chi connectivity index (χ1v) is 8.17. The molecule has 0 saturated carbocycles. The Bertz CT molecular complexity index is 815. The summed E-state index contributed by atoms with van der Waals surface area (Å²) in [6, 6.07) is 12.9. The third-order valence-electron chi connectivity index (χ3n) is 3.83. The number of aliphatic hydroxyl groups is 1. The van der Waals surface area contributed by atoms with Crippen molar-refractivity contribution in [1.29, 1.82) is 0 Å². The molecule has 0 heterocycles. The summed E-state index contributed by atoms with van der Waals surface area (Å²) >= 11 is 5.92. The van der Waals surface area contributed by atoms with Gasteiger partial charge in [0, 0.05) is 11.6 Å². The maximum Gasteiger partial charge on any atom is 0.423 e. The number of hydrogen-bond acceptors (Lipinski definition) is 3. The standard InChI is InChI=1S/C18H16ClF3N2O3/c19-14-9-5-4-6-12(14)10-23-15(25)16(26)24-11-17(27,18(20,21)22)13-7-2-1-3-8-13/h1-9,27H,10-11H2,(H,23,25)(H,24,26)/t17-/m1/s1. The van der Waals surface area contributed by atoms with Crippen LogP contribution in [-0.4, -0.2) is 29.6 Å². The second-order valence-electron chi connectivity index (χ2n) is 5.68. The lowest BCUT2D eigenvalue weighted by Crippen LogP contribution is -2.53. The van der Waals surface area contributed by atoms with E-state index in [1.165, 1.54) is 18.2 Å². The predicted molar refractivity (Wildman–Crippen MR) is 92.7 cm³/mol. The Hall–Kier alpha value is -2.58. The molecule has 0 bridgehead atoms. The molecule has 0 aliphatic rings. The number of carbonyl (C=O) groups is 2. The van der Waals surface area contributed by atoms with E-state index in [0.29, 0.717) is 10.6 Å². The van der Waals surface area contributed by atoms with Gasteiger partial charge >= 0.3 is 18.0 Å². The van der Waals surface area contributed by atoms with E-state index in [0.717, 1.165) is 12.1 Å². The maximum absolute atomic E-state index is 13.3. The molecule has 2 rings (SSSR count). The van der Waals surface area contributed by atoms with E-state index in [4.69, 9.17) is 11.6 Å². The average Bonchev–Trinajstić information content (AvgIpc) is 2.64. The molecule has 144 valence electrons. The zero-order valence-corrected chi connectivity index (χ0v) is 14.6. The molecule has 27 heavy (non-hydrogen) atoms. The molecule has 9 heteroatoms. The third kappa shape index (κ3) is 4.99. The van der Waals surface area contributed by atoms with E-state index >= 15 is 0 Å². The van der Waals surface area contributed by atoms with Gasteiger partial charge in [-0.3, -0.25) is 9.59 Å². The zero-order valence-electron chi connectivity index (χ0n) is 13.9. The molecule has 2 aromatic rings. The monoisotopic (exact) mass is 400 g/mol. The van der Waals surface area contributed by atoms with E-state index in [9.17, 15) is 27.9 Å². The van der Waals surface area contributed by atoms with Crippen LogP contribution in [0.4, 0.5) is 13.2 Å². The Kier molecular flexibility index (Phi) is 6.45. The molecule has 0 aliphatic carbocycles. The zero-order chi connectivity index (χ0) is 20.1. The van der Waals surface area contributed by atoms with E-state index in [2.05, 4.69) is 5.32 Å². The minimum Gasteiger partial charge on any atom is -0.375 e. The molecular weight excluding hydrogens is 385 g/mol. The smallest absolute Gasteiger partial charge is 0.375 e. The Balaban J connectivity index is 2.01. The first kappa shape index (κ1) is 20.7. The van der Waals surface area contributed by atoms with Crippen molar-refractivity contribution in [3.63, 3.8) is 0 Å². The van der Waals surface area contributed by atoms with Gasteiger partial charge in [0.1, 0.15) is 0 Å². The lowest BCUT2D eigenvalue weighted by Gasteiger charge is -2.31. The minimum absolute atomic E-state index is 0.0752. The van der Waals surface area contributed by atoms with Gasteiger partial charge in [-0.1, -0.05) is 60.1 Å². The molecule has 5 nitrogen and oxygen atoms in total. The second-order valence-corrected chi connectivity index (χ2v) is 6.09. The molecule has 3 N–H and O–H groups in total. The molecule has 2 aromatic carbocycles. The molecule has 0 aliphatic heterocycles. The molecule has 0 saturated heterocycles. The van der Waals surface area contributed by atoms with Gasteiger partial charge in [0.15, 0.2) is 0 Å². The van der Waals surface area contributed by atoms with Gasteiger partial charge < -0.3 is 15.7 Å². The summed E-state index contributed by atoms with van der Waals surface area (Å²) < 4.78 is 40.0. The normalized spacial score (nSPS) is 13.5. The highest BCUT2D eigenvalue weighted by Crippen LogP contribution is 2.38. The number of benzene rings is 2.